The third-order valence-electron chi connectivity index (χ3n) is 4.47. The highest BCUT2D eigenvalue weighted by Crippen LogP contribution is 2.31. The zero-order valence-corrected chi connectivity index (χ0v) is 21.4. The van der Waals surface area contributed by atoms with E-state index < -0.39 is 11.5 Å². The van der Waals surface area contributed by atoms with Crippen LogP contribution in [-0.2, 0) is 10.4 Å². The van der Waals surface area contributed by atoms with Gasteiger partial charge in [0.1, 0.15) is 5.75 Å². The molecule has 0 aliphatic rings. The first-order valence-corrected chi connectivity index (χ1v) is 11.8. The molecule has 0 saturated carbocycles. The highest BCUT2D eigenvalue weighted by molar-refractivity contribution is 14.1. The summed E-state index contributed by atoms with van der Waals surface area (Å²) in [5, 5.41) is 15.5. The van der Waals surface area contributed by atoms with Crippen molar-refractivity contribution < 1.29 is 14.6 Å². The number of ether oxygens (including phenoxy) is 1. The number of aliphatic hydroxyl groups is 1. The molecule has 3 aromatic rings. The van der Waals surface area contributed by atoms with Crippen LogP contribution in [0.15, 0.2) is 77.9 Å². The van der Waals surface area contributed by atoms with E-state index in [-0.39, 0.29) is 6.10 Å². The molecule has 31 heavy (non-hydrogen) atoms. The second-order valence-corrected chi connectivity index (χ2v) is 9.45. The zero-order valence-electron chi connectivity index (χ0n) is 17.0. The fraction of sp³-hybridized carbons (Fsp3) is 0.167. The Morgan fingerprint density at radius 3 is 1.94 bits per heavy atom. The summed E-state index contributed by atoms with van der Waals surface area (Å²) in [6.07, 6.45) is 1.63. The van der Waals surface area contributed by atoms with E-state index in [1.807, 2.05) is 38.1 Å². The smallest absolute Gasteiger partial charge is 0.281 e. The van der Waals surface area contributed by atoms with Gasteiger partial charge in [0.2, 0.25) is 0 Å². The molecule has 0 radical (unpaired) electrons. The molecule has 0 aliphatic heterocycles. The van der Waals surface area contributed by atoms with Crippen LogP contribution in [0.2, 0.25) is 0 Å². The number of hydrogen-bond acceptors (Lipinski definition) is 4. The number of rotatable bonds is 7. The van der Waals surface area contributed by atoms with Crippen LogP contribution in [0, 0.1) is 7.14 Å². The van der Waals surface area contributed by atoms with Crippen molar-refractivity contribution >= 4 is 57.3 Å². The lowest BCUT2D eigenvalue weighted by Gasteiger charge is -2.27. The maximum absolute atomic E-state index is 13.1. The number of carbonyl (C=O) groups excluding carboxylic acids is 1. The topological polar surface area (TPSA) is 70.9 Å². The van der Waals surface area contributed by atoms with Crippen molar-refractivity contribution in [2.24, 2.45) is 5.10 Å². The lowest BCUT2D eigenvalue weighted by Crippen LogP contribution is -2.43. The molecular formula is C24H22I2N2O3. The maximum atomic E-state index is 13.1. The highest BCUT2D eigenvalue weighted by Gasteiger charge is 2.39. The number of nitrogens with zero attached hydrogens (tertiary/aromatic N) is 1. The second-order valence-electron chi connectivity index (χ2n) is 7.12. The van der Waals surface area contributed by atoms with Crippen LogP contribution < -0.4 is 10.2 Å². The minimum atomic E-state index is -1.86. The van der Waals surface area contributed by atoms with E-state index in [9.17, 15) is 9.90 Å². The first-order valence-electron chi connectivity index (χ1n) is 9.65. The van der Waals surface area contributed by atoms with E-state index in [0.29, 0.717) is 11.1 Å². The predicted molar refractivity (Wildman–Crippen MR) is 139 cm³/mol. The Hall–Kier alpha value is -1.98. The molecule has 0 saturated heterocycles. The van der Waals surface area contributed by atoms with Crippen molar-refractivity contribution in [3.05, 3.63) is 96.6 Å². The Kier molecular flexibility index (Phi) is 8.06. The fourth-order valence-corrected chi connectivity index (χ4v) is 5.11. The maximum Gasteiger partial charge on any atom is 0.281 e. The van der Waals surface area contributed by atoms with Gasteiger partial charge in [-0.2, -0.15) is 5.10 Å². The number of halogens is 2. The summed E-state index contributed by atoms with van der Waals surface area (Å²) in [6.45, 7) is 3.97. The van der Waals surface area contributed by atoms with Crippen LogP contribution in [0.3, 0.4) is 0 Å². The fourth-order valence-electron chi connectivity index (χ4n) is 3.04. The number of amides is 1. The van der Waals surface area contributed by atoms with Crippen LogP contribution in [-0.4, -0.2) is 23.3 Å². The molecule has 5 nitrogen and oxygen atoms in total. The van der Waals surface area contributed by atoms with Gasteiger partial charge in [-0.1, -0.05) is 60.7 Å². The van der Waals surface area contributed by atoms with Crippen LogP contribution in [0.1, 0.15) is 30.5 Å². The highest BCUT2D eigenvalue weighted by atomic mass is 127. The summed E-state index contributed by atoms with van der Waals surface area (Å²) in [7, 11) is 0. The molecule has 0 heterocycles. The molecule has 3 aromatic carbocycles. The van der Waals surface area contributed by atoms with Gasteiger partial charge in [0.15, 0.2) is 5.60 Å². The lowest BCUT2D eigenvalue weighted by atomic mass is 9.85. The van der Waals surface area contributed by atoms with Crippen LogP contribution >= 0.6 is 45.2 Å². The second kappa shape index (κ2) is 10.6. The van der Waals surface area contributed by atoms with E-state index in [1.54, 1.807) is 54.7 Å². The SMILES string of the molecule is CC(C)Oc1c(I)cc(/C=N/NC(=O)C(O)(c2ccccc2)c2ccccc2)cc1I. The van der Waals surface area contributed by atoms with Gasteiger partial charge in [-0.25, -0.2) is 5.43 Å². The summed E-state index contributed by atoms with van der Waals surface area (Å²) in [4.78, 5) is 13.1. The molecule has 0 fully saturated rings. The molecule has 0 bridgehead atoms. The Labute approximate surface area is 209 Å². The Morgan fingerprint density at radius 2 is 1.48 bits per heavy atom. The van der Waals surface area contributed by atoms with Gasteiger partial charge >= 0.3 is 0 Å². The Bertz CT molecular complexity index is 1010. The molecule has 0 atom stereocenters. The zero-order chi connectivity index (χ0) is 22.4. The third kappa shape index (κ3) is 5.64. The number of carbonyl (C=O) groups is 1. The van der Waals surface area contributed by atoms with Gasteiger partial charge in [-0.3, -0.25) is 4.79 Å². The minimum Gasteiger partial charge on any atom is -0.489 e. The number of hydrazone groups is 1. The summed E-state index contributed by atoms with van der Waals surface area (Å²) >= 11 is 4.44. The minimum absolute atomic E-state index is 0.0782. The van der Waals surface area contributed by atoms with Crippen molar-refractivity contribution in [2.75, 3.05) is 0 Å². The molecule has 0 aromatic heterocycles. The molecular weight excluding hydrogens is 618 g/mol. The van der Waals surface area contributed by atoms with E-state index in [4.69, 9.17) is 4.74 Å². The summed E-state index contributed by atoms with van der Waals surface area (Å²) in [5.41, 5.74) is 2.38. The van der Waals surface area contributed by atoms with Crippen molar-refractivity contribution in [1.29, 1.82) is 0 Å². The third-order valence-corrected chi connectivity index (χ3v) is 6.07. The summed E-state index contributed by atoms with van der Waals surface area (Å²) in [5.74, 6) is 0.199. The lowest BCUT2D eigenvalue weighted by molar-refractivity contribution is -0.136. The van der Waals surface area contributed by atoms with Gasteiger partial charge in [0, 0.05) is 0 Å². The van der Waals surface area contributed by atoms with Crippen molar-refractivity contribution in [3.8, 4) is 5.75 Å². The number of nitrogens with one attached hydrogen (secondary N) is 1. The number of hydrogen-bond donors (Lipinski definition) is 2. The Morgan fingerprint density at radius 1 is 1.00 bits per heavy atom. The average Bonchev–Trinajstić information content (AvgIpc) is 2.76. The molecule has 160 valence electrons. The largest absolute Gasteiger partial charge is 0.489 e. The predicted octanol–water partition coefficient (Wildman–Crippen LogP) is 5.07. The van der Waals surface area contributed by atoms with Gasteiger partial charge in [-0.05, 0) is 87.9 Å². The molecule has 7 heteroatoms. The van der Waals surface area contributed by atoms with E-state index in [1.165, 1.54) is 0 Å². The summed E-state index contributed by atoms with van der Waals surface area (Å²) in [6, 6.07) is 21.5. The van der Waals surface area contributed by atoms with Crippen LogP contribution in [0.25, 0.3) is 0 Å². The monoisotopic (exact) mass is 640 g/mol. The van der Waals surface area contributed by atoms with E-state index in [2.05, 4.69) is 55.7 Å². The average molecular weight is 640 g/mol. The normalized spacial score (nSPS) is 11.7. The molecule has 0 aliphatic carbocycles. The molecule has 0 unspecified atom stereocenters. The van der Waals surface area contributed by atoms with Crippen molar-refractivity contribution in [3.63, 3.8) is 0 Å². The van der Waals surface area contributed by atoms with Gasteiger partial charge in [0.25, 0.3) is 5.91 Å². The van der Waals surface area contributed by atoms with Gasteiger partial charge < -0.3 is 9.84 Å². The molecule has 1 amide bonds. The van der Waals surface area contributed by atoms with Gasteiger partial charge in [0.05, 0.1) is 19.5 Å². The quantitative estimate of drug-likeness (QED) is 0.216. The first kappa shape index (κ1) is 23.7. The van der Waals surface area contributed by atoms with Gasteiger partial charge in [-0.15, -0.1) is 0 Å². The van der Waals surface area contributed by atoms with Crippen molar-refractivity contribution in [2.45, 2.75) is 25.6 Å². The standard InChI is InChI=1S/C24H22I2N2O3/c1-16(2)31-22-20(25)13-17(14-21(22)26)15-27-28-23(29)24(30,18-9-5-3-6-10-18)19-11-7-4-8-12-19/h3-16,30H,1-2H3,(H,28,29)/b27-15+. The van der Waals surface area contributed by atoms with Crippen LogP contribution in [0.4, 0.5) is 0 Å². The number of benzene rings is 3. The molecule has 0 spiro atoms. The molecule has 2 N–H and O–H groups in total. The van der Waals surface area contributed by atoms with Crippen LogP contribution in [0.5, 0.6) is 5.75 Å². The van der Waals surface area contributed by atoms with Crippen molar-refractivity contribution in [1.82, 2.24) is 5.43 Å². The van der Waals surface area contributed by atoms with E-state index in [0.717, 1.165) is 18.5 Å². The first-order chi connectivity index (χ1) is 14.8. The van der Waals surface area contributed by atoms with E-state index >= 15 is 0 Å². The molecule has 3 rings (SSSR count). The Balaban J connectivity index is 1.85. The summed E-state index contributed by atoms with van der Waals surface area (Å²) < 4.78 is 7.76.